The molecule has 2 aliphatic rings. The summed E-state index contributed by atoms with van der Waals surface area (Å²) in [5.41, 5.74) is 1.10. The summed E-state index contributed by atoms with van der Waals surface area (Å²) in [6.07, 6.45) is 3.92. The van der Waals surface area contributed by atoms with E-state index in [2.05, 4.69) is 9.97 Å². The molecule has 3 heterocycles. The number of hydrogen-bond acceptors (Lipinski definition) is 5. The number of aryl methyl sites for hydroxylation is 1. The summed E-state index contributed by atoms with van der Waals surface area (Å²) in [4.78, 5) is 36.0. The molecule has 0 N–H and O–H groups in total. The van der Waals surface area contributed by atoms with Crippen LogP contribution in [0.5, 0.6) is 0 Å². The Morgan fingerprint density at radius 1 is 1.36 bits per heavy atom. The normalized spacial score (nSPS) is 25.6. The Labute approximate surface area is 129 Å². The number of ether oxygens (including phenoxy) is 1. The lowest BCUT2D eigenvalue weighted by Gasteiger charge is -2.37. The van der Waals surface area contributed by atoms with E-state index >= 15 is 0 Å². The smallest absolute Gasteiger partial charge is 0.274 e. The number of likely N-dealkylation sites (N-methyl/N-ethyl adjacent to an activating group) is 1. The van der Waals surface area contributed by atoms with Crippen molar-refractivity contribution >= 4 is 11.8 Å². The van der Waals surface area contributed by atoms with E-state index in [4.69, 9.17) is 4.74 Å². The van der Waals surface area contributed by atoms with Crippen LogP contribution in [0.15, 0.2) is 12.4 Å². The second kappa shape index (κ2) is 6.00. The van der Waals surface area contributed by atoms with Gasteiger partial charge < -0.3 is 14.5 Å². The molecule has 1 aromatic heterocycles. The van der Waals surface area contributed by atoms with Crippen molar-refractivity contribution in [3.63, 3.8) is 0 Å². The molecule has 3 rings (SSSR count). The molecule has 2 amide bonds. The van der Waals surface area contributed by atoms with Gasteiger partial charge in [0.25, 0.3) is 5.91 Å². The lowest BCUT2D eigenvalue weighted by molar-refractivity contribution is -0.133. The van der Waals surface area contributed by atoms with Gasteiger partial charge in [0.15, 0.2) is 0 Å². The van der Waals surface area contributed by atoms with Crippen LogP contribution in [0.2, 0.25) is 0 Å². The molecular weight excluding hydrogens is 284 g/mol. The van der Waals surface area contributed by atoms with Crippen LogP contribution < -0.4 is 0 Å². The number of hydrogen-bond donors (Lipinski definition) is 0. The molecule has 7 heteroatoms. The van der Waals surface area contributed by atoms with Crippen molar-refractivity contribution in [1.29, 1.82) is 0 Å². The zero-order chi connectivity index (χ0) is 15.7. The Kier molecular flexibility index (Phi) is 4.06. The first-order valence-electron chi connectivity index (χ1n) is 7.48. The standard InChI is InChI=1S/C15H20N4O3/c1-10-5-16-6-12(17-10)15(21)19-4-3-13-11(8-19)7-18(2)14(20)9-22-13/h5-6,11,13H,3-4,7-9H2,1-2H3/t11-,13-/m0/s1. The molecule has 2 aliphatic heterocycles. The Morgan fingerprint density at radius 3 is 2.95 bits per heavy atom. The number of rotatable bonds is 1. The Hall–Kier alpha value is -2.02. The van der Waals surface area contributed by atoms with Crippen molar-refractivity contribution in [2.75, 3.05) is 33.3 Å². The van der Waals surface area contributed by atoms with Crippen LogP contribution in [0, 0.1) is 12.8 Å². The highest BCUT2D eigenvalue weighted by Gasteiger charge is 2.36. The van der Waals surface area contributed by atoms with Gasteiger partial charge in [-0.2, -0.15) is 0 Å². The Morgan fingerprint density at radius 2 is 2.18 bits per heavy atom. The summed E-state index contributed by atoms with van der Waals surface area (Å²) < 4.78 is 5.69. The molecule has 0 unspecified atom stereocenters. The number of piperidine rings is 1. The van der Waals surface area contributed by atoms with E-state index in [0.717, 1.165) is 12.1 Å². The minimum Gasteiger partial charge on any atom is -0.368 e. The summed E-state index contributed by atoms with van der Waals surface area (Å²) in [5.74, 6) is 0.0385. The van der Waals surface area contributed by atoms with E-state index in [1.165, 1.54) is 6.20 Å². The molecule has 0 spiro atoms. The molecule has 2 fully saturated rings. The topological polar surface area (TPSA) is 75.6 Å². The highest BCUT2D eigenvalue weighted by Crippen LogP contribution is 2.24. The molecule has 118 valence electrons. The minimum absolute atomic E-state index is 0.00294. The van der Waals surface area contributed by atoms with E-state index < -0.39 is 0 Å². The second-order valence-electron chi connectivity index (χ2n) is 5.97. The predicted molar refractivity (Wildman–Crippen MR) is 78.2 cm³/mol. The molecule has 0 saturated carbocycles. The number of carbonyl (C=O) groups is 2. The average Bonchev–Trinajstić information content (AvgIpc) is 2.65. The first-order valence-corrected chi connectivity index (χ1v) is 7.48. The highest BCUT2D eigenvalue weighted by atomic mass is 16.5. The third-order valence-corrected chi connectivity index (χ3v) is 4.28. The van der Waals surface area contributed by atoms with Gasteiger partial charge in [0.1, 0.15) is 12.3 Å². The molecule has 1 aromatic rings. The van der Waals surface area contributed by atoms with Gasteiger partial charge in [-0.05, 0) is 13.3 Å². The Bertz CT molecular complexity index is 592. The number of carbonyl (C=O) groups excluding carboxylic acids is 2. The minimum atomic E-state index is -0.104. The number of aromatic nitrogens is 2. The summed E-state index contributed by atoms with van der Waals surface area (Å²) in [5, 5.41) is 0. The van der Waals surface area contributed by atoms with Crippen molar-refractivity contribution in [1.82, 2.24) is 19.8 Å². The summed E-state index contributed by atoms with van der Waals surface area (Å²) in [6.45, 7) is 3.77. The molecule has 0 aliphatic carbocycles. The molecule has 0 radical (unpaired) electrons. The first-order chi connectivity index (χ1) is 10.5. The molecule has 22 heavy (non-hydrogen) atoms. The van der Waals surface area contributed by atoms with Gasteiger partial charge >= 0.3 is 0 Å². The van der Waals surface area contributed by atoms with Crippen LogP contribution in [-0.2, 0) is 9.53 Å². The third kappa shape index (κ3) is 2.94. The van der Waals surface area contributed by atoms with Crippen LogP contribution in [0.25, 0.3) is 0 Å². The van der Waals surface area contributed by atoms with E-state index in [1.54, 1.807) is 23.0 Å². The average molecular weight is 304 g/mol. The monoisotopic (exact) mass is 304 g/mol. The van der Waals surface area contributed by atoms with Gasteiger partial charge in [0.2, 0.25) is 5.91 Å². The molecule has 2 atom stereocenters. The highest BCUT2D eigenvalue weighted by molar-refractivity contribution is 5.92. The molecule has 0 aromatic carbocycles. The molecule has 0 bridgehead atoms. The van der Waals surface area contributed by atoms with Gasteiger partial charge in [-0.3, -0.25) is 14.6 Å². The Balaban J connectivity index is 1.72. The maximum absolute atomic E-state index is 12.6. The zero-order valence-electron chi connectivity index (χ0n) is 12.9. The van der Waals surface area contributed by atoms with Crippen molar-refractivity contribution < 1.29 is 14.3 Å². The van der Waals surface area contributed by atoms with Gasteiger partial charge in [-0.15, -0.1) is 0 Å². The van der Waals surface area contributed by atoms with Crippen LogP contribution in [0.1, 0.15) is 22.6 Å². The van der Waals surface area contributed by atoms with Crippen LogP contribution >= 0.6 is 0 Å². The van der Waals surface area contributed by atoms with Crippen molar-refractivity contribution in [2.24, 2.45) is 5.92 Å². The van der Waals surface area contributed by atoms with E-state index in [1.807, 2.05) is 6.92 Å². The molecule has 2 saturated heterocycles. The lowest BCUT2D eigenvalue weighted by atomic mass is 9.94. The number of likely N-dealkylation sites (tertiary alicyclic amines) is 1. The van der Waals surface area contributed by atoms with Crippen LogP contribution in [-0.4, -0.2) is 71.0 Å². The molecular formula is C15H20N4O3. The van der Waals surface area contributed by atoms with Crippen molar-refractivity contribution in [2.45, 2.75) is 19.4 Å². The summed E-state index contributed by atoms with van der Waals surface area (Å²) >= 11 is 0. The molecule has 7 nitrogen and oxygen atoms in total. The van der Waals surface area contributed by atoms with Gasteiger partial charge in [-0.25, -0.2) is 4.98 Å². The maximum Gasteiger partial charge on any atom is 0.274 e. The fourth-order valence-electron chi connectivity index (χ4n) is 3.06. The summed E-state index contributed by atoms with van der Waals surface area (Å²) in [6, 6.07) is 0. The van der Waals surface area contributed by atoms with E-state index in [9.17, 15) is 9.59 Å². The van der Waals surface area contributed by atoms with Crippen molar-refractivity contribution in [3.8, 4) is 0 Å². The predicted octanol–water partition coefficient (Wildman–Crippen LogP) is 0.104. The fraction of sp³-hybridized carbons (Fsp3) is 0.600. The maximum atomic E-state index is 12.6. The van der Waals surface area contributed by atoms with E-state index in [-0.39, 0.29) is 30.4 Å². The second-order valence-corrected chi connectivity index (χ2v) is 5.97. The number of nitrogens with zero attached hydrogens (tertiary/aromatic N) is 4. The quantitative estimate of drug-likeness (QED) is 0.736. The zero-order valence-corrected chi connectivity index (χ0v) is 12.9. The first kappa shape index (κ1) is 14.9. The largest absolute Gasteiger partial charge is 0.368 e. The lowest BCUT2D eigenvalue weighted by Crippen LogP contribution is -2.49. The fourth-order valence-corrected chi connectivity index (χ4v) is 3.06. The van der Waals surface area contributed by atoms with Crippen LogP contribution in [0.3, 0.4) is 0 Å². The van der Waals surface area contributed by atoms with Gasteiger partial charge in [-0.1, -0.05) is 0 Å². The van der Waals surface area contributed by atoms with Crippen molar-refractivity contribution in [3.05, 3.63) is 23.8 Å². The summed E-state index contributed by atoms with van der Waals surface area (Å²) in [7, 11) is 1.78. The van der Waals surface area contributed by atoms with Gasteiger partial charge in [0.05, 0.1) is 18.0 Å². The SMILES string of the molecule is Cc1cncc(C(=O)N2CC[C@@H]3OCC(=O)N(C)C[C@H]3C2)n1. The number of amides is 2. The third-order valence-electron chi connectivity index (χ3n) is 4.28. The van der Waals surface area contributed by atoms with Gasteiger partial charge in [0, 0.05) is 38.8 Å². The van der Waals surface area contributed by atoms with E-state index in [0.29, 0.717) is 25.3 Å². The number of fused-ring (bicyclic) bond motifs is 1. The van der Waals surface area contributed by atoms with Crippen LogP contribution in [0.4, 0.5) is 0 Å².